The molecule has 0 radical (unpaired) electrons. The van der Waals surface area contributed by atoms with Crippen molar-refractivity contribution >= 4 is 5.82 Å². The fourth-order valence-electron chi connectivity index (χ4n) is 2.41. The number of pyridine rings is 1. The third-order valence-electron chi connectivity index (χ3n) is 3.66. The Hall–Kier alpha value is -1.98. The van der Waals surface area contributed by atoms with Crippen LogP contribution in [-0.4, -0.2) is 4.98 Å². The lowest BCUT2D eigenvalue weighted by atomic mass is 9.75. The number of nitrogens with zero attached hydrogens (tertiary/aromatic N) is 1. The number of halogens is 1. The van der Waals surface area contributed by atoms with Crippen molar-refractivity contribution in [2.75, 3.05) is 5.73 Å². The molecular weight excluding hydrogens is 255 g/mol. The van der Waals surface area contributed by atoms with E-state index in [4.69, 9.17) is 11.6 Å². The summed E-state index contributed by atoms with van der Waals surface area (Å²) in [5, 5.41) is 0. The highest BCUT2D eigenvalue weighted by atomic mass is 19.1. The third kappa shape index (κ3) is 2.64. The molecule has 1 atom stereocenters. The maximum absolute atomic E-state index is 13.1. The third-order valence-corrected chi connectivity index (χ3v) is 3.66. The lowest BCUT2D eigenvalue weighted by Gasteiger charge is -2.35. The lowest BCUT2D eigenvalue weighted by Crippen LogP contribution is -2.41. The molecule has 0 saturated heterocycles. The summed E-state index contributed by atoms with van der Waals surface area (Å²) in [5.74, 6) is 5.89. The summed E-state index contributed by atoms with van der Waals surface area (Å²) in [6, 6.07) is 9.86. The molecule has 20 heavy (non-hydrogen) atoms. The van der Waals surface area contributed by atoms with Gasteiger partial charge in [-0.1, -0.05) is 32.0 Å². The average molecular weight is 274 g/mol. The van der Waals surface area contributed by atoms with Crippen LogP contribution >= 0.6 is 0 Å². The quantitative estimate of drug-likeness (QED) is 0.590. The van der Waals surface area contributed by atoms with E-state index in [0.717, 1.165) is 11.1 Å². The summed E-state index contributed by atoms with van der Waals surface area (Å²) in [6.07, 6.45) is 1.64. The van der Waals surface area contributed by atoms with Crippen LogP contribution in [0.15, 0.2) is 42.6 Å². The maximum atomic E-state index is 13.1. The van der Waals surface area contributed by atoms with Gasteiger partial charge in [0.05, 0.1) is 6.04 Å². The summed E-state index contributed by atoms with van der Waals surface area (Å²) in [5.41, 5.74) is 10.1. The number of hydrogen-bond donors (Lipinski definition) is 3. The Morgan fingerprint density at radius 2 is 1.85 bits per heavy atom. The molecule has 1 aromatic carbocycles. The fourth-order valence-corrected chi connectivity index (χ4v) is 2.41. The fraction of sp³-hybridized carbons (Fsp3) is 0.267. The van der Waals surface area contributed by atoms with Gasteiger partial charge in [0.25, 0.3) is 0 Å². The number of hydrogen-bond acceptors (Lipinski definition) is 4. The predicted molar refractivity (Wildman–Crippen MR) is 78.1 cm³/mol. The minimum atomic E-state index is -0.375. The Balaban J connectivity index is 2.44. The number of nitrogen functional groups attached to an aromatic ring is 1. The maximum Gasteiger partial charge on any atom is 0.128 e. The first-order valence-corrected chi connectivity index (χ1v) is 6.39. The molecule has 4 nitrogen and oxygen atoms in total. The molecule has 5 heteroatoms. The zero-order valence-electron chi connectivity index (χ0n) is 11.6. The zero-order chi connectivity index (χ0) is 14.8. The van der Waals surface area contributed by atoms with Gasteiger partial charge in [0.2, 0.25) is 0 Å². The predicted octanol–water partition coefficient (Wildman–Crippen LogP) is 2.29. The van der Waals surface area contributed by atoms with Gasteiger partial charge in [-0.15, -0.1) is 0 Å². The Labute approximate surface area is 118 Å². The molecule has 0 aliphatic heterocycles. The SMILES string of the molecule is CC(C)(c1ccc(F)cc1)C(NN)c1cccnc1N. The molecule has 1 heterocycles. The van der Waals surface area contributed by atoms with E-state index in [-0.39, 0.29) is 17.3 Å². The Morgan fingerprint density at radius 1 is 1.20 bits per heavy atom. The van der Waals surface area contributed by atoms with Crippen molar-refractivity contribution in [3.63, 3.8) is 0 Å². The number of benzene rings is 1. The summed E-state index contributed by atoms with van der Waals surface area (Å²) in [4.78, 5) is 4.09. The smallest absolute Gasteiger partial charge is 0.128 e. The Bertz CT molecular complexity index is 581. The van der Waals surface area contributed by atoms with E-state index >= 15 is 0 Å². The molecule has 106 valence electrons. The molecule has 2 rings (SSSR count). The van der Waals surface area contributed by atoms with Crippen molar-refractivity contribution in [2.24, 2.45) is 5.84 Å². The minimum Gasteiger partial charge on any atom is -0.383 e. The largest absolute Gasteiger partial charge is 0.383 e. The first-order valence-electron chi connectivity index (χ1n) is 6.39. The van der Waals surface area contributed by atoms with Gasteiger partial charge in [0, 0.05) is 17.2 Å². The van der Waals surface area contributed by atoms with Crippen molar-refractivity contribution in [2.45, 2.75) is 25.3 Å². The van der Waals surface area contributed by atoms with Gasteiger partial charge in [0.15, 0.2) is 0 Å². The monoisotopic (exact) mass is 274 g/mol. The van der Waals surface area contributed by atoms with E-state index < -0.39 is 0 Å². The van der Waals surface area contributed by atoms with Crippen LogP contribution in [-0.2, 0) is 5.41 Å². The van der Waals surface area contributed by atoms with Crippen LogP contribution in [0.25, 0.3) is 0 Å². The molecule has 0 spiro atoms. The van der Waals surface area contributed by atoms with Crippen LogP contribution < -0.4 is 17.0 Å². The molecule has 0 bridgehead atoms. The lowest BCUT2D eigenvalue weighted by molar-refractivity contribution is 0.353. The number of nitrogens with one attached hydrogen (secondary N) is 1. The molecule has 0 amide bonds. The standard InChI is InChI=1S/C15H19FN4/c1-15(2,10-5-7-11(16)8-6-10)13(20-18)12-4-3-9-19-14(12)17/h3-9,13,20H,18H2,1-2H3,(H2,17,19). The van der Waals surface area contributed by atoms with E-state index in [9.17, 15) is 4.39 Å². The highest BCUT2D eigenvalue weighted by Crippen LogP contribution is 2.37. The minimum absolute atomic E-state index is 0.235. The average Bonchev–Trinajstić information content (AvgIpc) is 2.42. The van der Waals surface area contributed by atoms with E-state index in [1.165, 1.54) is 12.1 Å². The van der Waals surface area contributed by atoms with Crippen molar-refractivity contribution in [1.29, 1.82) is 0 Å². The summed E-state index contributed by atoms with van der Waals surface area (Å²) >= 11 is 0. The molecule has 0 saturated carbocycles. The second-order valence-corrected chi connectivity index (χ2v) is 5.31. The van der Waals surface area contributed by atoms with E-state index in [1.54, 1.807) is 18.3 Å². The number of rotatable bonds is 4. The number of nitrogens with two attached hydrogens (primary N) is 2. The van der Waals surface area contributed by atoms with Gasteiger partial charge in [-0.3, -0.25) is 11.3 Å². The van der Waals surface area contributed by atoms with Gasteiger partial charge in [0.1, 0.15) is 11.6 Å². The molecule has 5 N–H and O–H groups in total. The van der Waals surface area contributed by atoms with Crippen LogP contribution in [0, 0.1) is 5.82 Å². The second kappa shape index (κ2) is 5.56. The van der Waals surface area contributed by atoms with Crippen LogP contribution in [0.1, 0.15) is 31.0 Å². The number of anilines is 1. The molecule has 2 aromatic rings. The molecule has 0 aliphatic carbocycles. The van der Waals surface area contributed by atoms with Crippen LogP contribution in [0.2, 0.25) is 0 Å². The van der Waals surface area contributed by atoms with Gasteiger partial charge >= 0.3 is 0 Å². The van der Waals surface area contributed by atoms with Crippen molar-refractivity contribution in [1.82, 2.24) is 10.4 Å². The van der Waals surface area contributed by atoms with E-state index in [2.05, 4.69) is 10.4 Å². The summed E-state index contributed by atoms with van der Waals surface area (Å²) in [6.45, 7) is 4.05. The summed E-state index contributed by atoms with van der Waals surface area (Å²) in [7, 11) is 0. The number of aromatic nitrogens is 1. The summed E-state index contributed by atoms with van der Waals surface area (Å²) < 4.78 is 13.1. The van der Waals surface area contributed by atoms with Crippen molar-refractivity contribution in [3.8, 4) is 0 Å². The Morgan fingerprint density at radius 3 is 2.40 bits per heavy atom. The topological polar surface area (TPSA) is 77.0 Å². The molecular formula is C15H19FN4. The molecule has 1 aromatic heterocycles. The molecule has 0 aliphatic rings. The van der Waals surface area contributed by atoms with Crippen LogP contribution in [0.3, 0.4) is 0 Å². The highest BCUT2D eigenvalue weighted by Gasteiger charge is 2.33. The van der Waals surface area contributed by atoms with Crippen LogP contribution in [0.5, 0.6) is 0 Å². The Kier molecular flexibility index (Phi) is 4.01. The molecule has 1 unspecified atom stereocenters. The van der Waals surface area contributed by atoms with Gasteiger partial charge in [-0.25, -0.2) is 9.37 Å². The van der Waals surface area contributed by atoms with Gasteiger partial charge in [-0.2, -0.15) is 0 Å². The number of hydrazine groups is 1. The van der Waals surface area contributed by atoms with E-state index in [0.29, 0.717) is 5.82 Å². The molecule has 0 fully saturated rings. The first-order chi connectivity index (χ1) is 9.46. The van der Waals surface area contributed by atoms with Gasteiger partial charge in [-0.05, 0) is 23.8 Å². The normalized spacial score (nSPS) is 13.2. The highest BCUT2D eigenvalue weighted by molar-refractivity contribution is 5.44. The van der Waals surface area contributed by atoms with Crippen molar-refractivity contribution in [3.05, 3.63) is 59.5 Å². The van der Waals surface area contributed by atoms with Crippen LogP contribution in [0.4, 0.5) is 10.2 Å². The van der Waals surface area contributed by atoms with Crippen molar-refractivity contribution < 1.29 is 4.39 Å². The zero-order valence-corrected chi connectivity index (χ0v) is 11.6. The second-order valence-electron chi connectivity index (χ2n) is 5.31. The first kappa shape index (κ1) is 14.4. The van der Waals surface area contributed by atoms with Gasteiger partial charge < -0.3 is 5.73 Å². The van der Waals surface area contributed by atoms with E-state index in [1.807, 2.05) is 26.0 Å².